The zero-order valence-electron chi connectivity index (χ0n) is 8.60. The molecule has 3 nitrogen and oxygen atoms in total. The molecule has 0 amide bonds. The van der Waals surface area contributed by atoms with E-state index in [2.05, 4.69) is 12.0 Å². The molecule has 15 heavy (non-hydrogen) atoms. The smallest absolute Gasteiger partial charge is 0.140 e. The Hall–Kier alpha value is -1.50. The van der Waals surface area contributed by atoms with Crippen molar-refractivity contribution in [3.8, 4) is 17.8 Å². The third-order valence-corrected chi connectivity index (χ3v) is 1.83. The number of benzene rings is 1. The minimum atomic E-state index is -1.20. The van der Waals surface area contributed by atoms with Gasteiger partial charge in [-0.3, -0.25) is 0 Å². The van der Waals surface area contributed by atoms with Crippen LogP contribution in [0.15, 0.2) is 30.3 Å². The zero-order chi connectivity index (χ0) is 11.1. The molecule has 0 radical (unpaired) electrons. The van der Waals surface area contributed by atoms with Crippen LogP contribution in [0.5, 0.6) is 5.75 Å². The van der Waals surface area contributed by atoms with Crippen LogP contribution in [0, 0.1) is 12.0 Å². The average Bonchev–Trinajstić information content (AvgIpc) is 2.19. The Morgan fingerprint density at radius 2 is 2.00 bits per heavy atom. The van der Waals surface area contributed by atoms with E-state index >= 15 is 0 Å². The van der Waals surface area contributed by atoms with Gasteiger partial charge >= 0.3 is 0 Å². The summed E-state index contributed by atoms with van der Waals surface area (Å²) in [5.74, 6) is 3.16. The van der Waals surface area contributed by atoms with Gasteiger partial charge in [-0.25, -0.2) is 0 Å². The number of aliphatic hydroxyl groups is 2. The first kappa shape index (κ1) is 11.6. The van der Waals surface area contributed by atoms with Crippen LogP contribution >= 0.6 is 0 Å². The highest BCUT2D eigenvalue weighted by atomic mass is 16.5. The van der Waals surface area contributed by atoms with Gasteiger partial charge in [0.15, 0.2) is 0 Å². The lowest BCUT2D eigenvalue weighted by Gasteiger charge is -2.12. The zero-order valence-corrected chi connectivity index (χ0v) is 8.60. The molecule has 3 heteroatoms. The molecule has 80 valence electrons. The molecular weight excluding hydrogens is 192 g/mol. The number of hydrogen-bond donors (Lipinski definition) is 2. The molecule has 1 atom stereocenters. The molecule has 1 rings (SSSR count). The first-order chi connectivity index (χ1) is 7.14. The van der Waals surface area contributed by atoms with E-state index in [0.29, 0.717) is 5.75 Å². The van der Waals surface area contributed by atoms with Crippen molar-refractivity contribution in [1.29, 1.82) is 0 Å². The molecule has 0 saturated heterocycles. The molecule has 0 saturated carbocycles. The Morgan fingerprint density at radius 3 is 2.60 bits per heavy atom. The van der Waals surface area contributed by atoms with E-state index < -0.39 is 5.60 Å². The van der Waals surface area contributed by atoms with Crippen LogP contribution < -0.4 is 4.74 Å². The summed E-state index contributed by atoms with van der Waals surface area (Å²) in [5, 5.41) is 18.2. The van der Waals surface area contributed by atoms with Crippen LogP contribution in [0.1, 0.15) is 13.3 Å². The third-order valence-electron chi connectivity index (χ3n) is 1.83. The van der Waals surface area contributed by atoms with Gasteiger partial charge in [0.25, 0.3) is 0 Å². The molecule has 2 N–H and O–H groups in total. The standard InChI is InChI=1S/C12H14O3/c1-12(14,7-9-13)8-10-15-11-5-3-2-4-6-11/h2-6,13-14H,7,9H2,1H3/t12-/m0/s1. The molecule has 0 aliphatic carbocycles. The maximum atomic E-state index is 9.58. The molecule has 0 aliphatic heterocycles. The van der Waals surface area contributed by atoms with E-state index in [4.69, 9.17) is 9.84 Å². The molecule has 0 aliphatic rings. The molecule has 0 heterocycles. The van der Waals surface area contributed by atoms with Crippen LogP contribution in [-0.2, 0) is 0 Å². The number of hydrogen-bond acceptors (Lipinski definition) is 3. The fraction of sp³-hybridized carbons (Fsp3) is 0.333. The topological polar surface area (TPSA) is 49.7 Å². The largest absolute Gasteiger partial charge is 0.407 e. The van der Waals surface area contributed by atoms with Crippen molar-refractivity contribution < 1.29 is 14.9 Å². The molecule has 0 spiro atoms. The predicted molar refractivity (Wildman–Crippen MR) is 57.2 cm³/mol. The van der Waals surface area contributed by atoms with Gasteiger partial charge in [0, 0.05) is 13.0 Å². The lowest BCUT2D eigenvalue weighted by Crippen LogP contribution is -2.23. The Kier molecular flexibility index (Phi) is 4.17. The van der Waals surface area contributed by atoms with Crippen molar-refractivity contribution >= 4 is 0 Å². The van der Waals surface area contributed by atoms with Gasteiger partial charge in [-0.05, 0) is 25.0 Å². The number of aliphatic hydroxyl groups excluding tert-OH is 1. The summed E-state index contributed by atoms with van der Waals surface area (Å²) in [4.78, 5) is 0. The second-order valence-corrected chi connectivity index (χ2v) is 3.39. The van der Waals surface area contributed by atoms with Crippen LogP contribution in [-0.4, -0.2) is 22.4 Å². The molecule has 0 fully saturated rings. The van der Waals surface area contributed by atoms with Crippen molar-refractivity contribution in [1.82, 2.24) is 0 Å². The molecule has 1 aromatic carbocycles. The van der Waals surface area contributed by atoms with Crippen molar-refractivity contribution in [2.75, 3.05) is 6.61 Å². The maximum Gasteiger partial charge on any atom is 0.140 e. The first-order valence-corrected chi connectivity index (χ1v) is 4.71. The minimum Gasteiger partial charge on any atom is -0.407 e. The van der Waals surface area contributed by atoms with E-state index in [1.807, 2.05) is 18.2 Å². The maximum absolute atomic E-state index is 9.58. The molecule has 1 aromatic rings. The molecule has 0 aromatic heterocycles. The Morgan fingerprint density at radius 1 is 1.33 bits per heavy atom. The highest BCUT2D eigenvalue weighted by molar-refractivity contribution is 5.23. The van der Waals surface area contributed by atoms with Gasteiger partial charge in [0.2, 0.25) is 0 Å². The van der Waals surface area contributed by atoms with Crippen LogP contribution in [0.25, 0.3) is 0 Å². The Balaban J connectivity index is 2.53. The summed E-state index contributed by atoms with van der Waals surface area (Å²) in [7, 11) is 0. The lowest BCUT2D eigenvalue weighted by molar-refractivity contribution is 0.0872. The summed E-state index contributed by atoms with van der Waals surface area (Å²) >= 11 is 0. The van der Waals surface area contributed by atoms with Gasteiger partial charge in [-0.2, -0.15) is 0 Å². The molecule has 0 bridgehead atoms. The van der Waals surface area contributed by atoms with E-state index in [1.165, 1.54) is 6.92 Å². The monoisotopic (exact) mass is 206 g/mol. The van der Waals surface area contributed by atoms with Gasteiger partial charge in [-0.15, -0.1) is 0 Å². The fourth-order valence-electron chi connectivity index (χ4n) is 0.963. The van der Waals surface area contributed by atoms with Crippen molar-refractivity contribution in [3.05, 3.63) is 30.3 Å². The van der Waals surface area contributed by atoms with E-state index in [1.54, 1.807) is 12.1 Å². The summed E-state index contributed by atoms with van der Waals surface area (Å²) in [5.41, 5.74) is -1.20. The van der Waals surface area contributed by atoms with E-state index in [9.17, 15) is 5.11 Å². The van der Waals surface area contributed by atoms with E-state index in [-0.39, 0.29) is 13.0 Å². The van der Waals surface area contributed by atoms with Gasteiger partial charge in [-0.1, -0.05) is 18.2 Å². The number of ether oxygens (including phenoxy) is 1. The number of para-hydroxylation sites is 1. The molecular formula is C12H14O3. The predicted octanol–water partition coefficient (Wildman–Crippen LogP) is 1.16. The second kappa shape index (κ2) is 5.40. The van der Waals surface area contributed by atoms with Crippen LogP contribution in [0.3, 0.4) is 0 Å². The first-order valence-electron chi connectivity index (χ1n) is 4.71. The Bertz CT molecular complexity index is 346. The summed E-state index contributed by atoms with van der Waals surface area (Å²) < 4.78 is 5.09. The molecule has 0 unspecified atom stereocenters. The highest BCUT2D eigenvalue weighted by Crippen LogP contribution is 2.09. The quantitative estimate of drug-likeness (QED) is 0.730. The second-order valence-electron chi connectivity index (χ2n) is 3.39. The fourth-order valence-corrected chi connectivity index (χ4v) is 0.963. The summed E-state index contributed by atoms with van der Waals surface area (Å²) in [6.45, 7) is 1.43. The highest BCUT2D eigenvalue weighted by Gasteiger charge is 2.15. The Labute approximate surface area is 89.3 Å². The van der Waals surface area contributed by atoms with Crippen molar-refractivity contribution in [3.63, 3.8) is 0 Å². The SMILES string of the molecule is C[C@@](O)(C#COc1ccccc1)CCO. The van der Waals surface area contributed by atoms with Crippen LogP contribution in [0.2, 0.25) is 0 Å². The van der Waals surface area contributed by atoms with Crippen molar-refractivity contribution in [2.24, 2.45) is 0 Å². The summed E-state index contributed by atoms with van der Waals surface area (Å²) in [6.07, 6.45) is 2.62. The van der Waals surface area contributed by atoms with Crippen LogP contribution in [0.4, 0.5) is 0 Å². The van der Waals surface area contributed by atoms with Gasteiger partial charge in [0.05, 0.1) is 0 Å². The minimum absolute atomic E-state index is 0.104. The van der Waals surface area contributed by atoms with Gasteiger partial charge in [0.1, 0.15) is 17.5 Å². The number of rotatable bonds is 3. The van der Waals surface area contributed by atoms with Gasteiger partial charge < -0.3 is 14.9 Å². The normalized spacial score (nSPS) is 13.5. The lowest BCUT2D eigenvalue weighted by atomic mass is 10.1. The van der Waals surface area contributed by atoms with Crippen molar-refractivity contribution in [2.45, 2.75) is 18.9 Å². The third kappa shape index (κ3) is 4.50. The van der Waals surface area contributed by atoms with E-state index in [0.717, 1.165) is 0 Å². The summed E-state index contributed by atoms with van der Waals surface area (Å²) in [6, 6.07) is 9.10. The average molecular weight is 206 g/mol.